The second-order valence-electron chi connectivity index (χ2n) is 8.35. The molecular weight excluding hydrogens is 582 g/mol. The van der Waals surface area contributed by atoms with Gasteiger partial charge in [-0.25, -0.2) is 3.97 Å². The van der Waals surface area contributed by atoms with Crippen LogP contribution in [0.2, 0.25) is 0 Å². The topological polar surface area (TPSA) is 43.4 Å². The van der Waals surface area contributed by atoms with Crippen LogP contribution >= 0.6 is 8.81 Å². The summed E-state index contributed by atoms with van der Waals surface area (Å²) in [6, 6.07) is 26.1. The number of hydrogen-bond donors (Lipinski definition) is 0. The summed E-state index contributed by atoms with van der Waals surface area (Å²) in [6.45, 7) is 0. The van der Waals surface area contributed by atoms with Gasteiger partial charge in [0.25, 0.3) is 0 Å². The lowest BCUT2D eigenvalue weighted by Gasteiger charge is -2.36. The van der Waals surface area contributed by atoms with Crippen molar-refractivity contribution in [2.24, 2.45) is 0 Å². The van der Waals surface area contributed by atoms with Gasteiger partial charge in [0.2, 0.25) is 0 Å². The Labute approximate surface area is 220 Å². The summed E-state index contributed by atoms with van der Waals surface area (Å²) in [5, 5.41) is -6.89. The average molecular weight is 602 g/mol. The molecule has 0 spiro atoms. The van der Waals surface area contributed by atoms with Crippen molar-refractivity contribution in [3.8, 4) is 0 Å². The molecule has 14 heteroatoms. The molecule has 1 atom stereocenters. The molecule has 0 aromatic heterocycles. The zero-order chi connectivity index (χ0) is 29.2. The van der Waals surface area contributed by atoms with E-state index in [1.165, 1.54) is 0 Å². The second-order valence-corrected chi connectivity index (χ2v) is 11.2. The van der Waals surface area contributed by atoms with Gasteiger partial charge in [0.05, 0.1) is 0 Å². The standard InChI is InChI=1S/C25H20F9O3PS/c26-22(27,24(30,31)32)23(28,29)25(33,34)39(35,36)37-38-17-16-21(18-10-4-1-5-11-18,19-12-6-2-7-13-19)20-14-8-3-9-15-20/h1-15,38H,16-17H2. The van der Waals surface area contributed by atoms with Crippen LogP contribution in [0.3, 0.4) is 0 Å². The molecule has 0 bridgehead atoms. The first-order valence-corrected chi connectivity index (χ1v) is 13.6. The average Bonchev–Trinajstić information content (AvgIpc) is 2.89. The van der Waals surface area contributed by atoms with Crippen LogP contribution in [0, 0.1) is 0 Å². The maximum absolute atomic E-state index is 14.0. The van der Waals surface area contributed by atoms with Gasteiger partial charge in [-0.15, -0.1) is 0 Å². The van der Waals surface area contributed by atoms with Gasteiger partial charge in [0.1, 0.15) is 0 Å². The van der Waals surface area contributed by atoms with E-state index in [1.807, 2.05) is 0 Å². The molecule has 212 valence electrons. The van der Waals surface area contributed by atoms with E-state index in [2.05, 4.69) is 3.97 Å². The number of alkyl halides is 9. The molecule has 0 fully saturated rings. The molecule has 0 saturated heterocycles. The Hall–Kier alpha value is -2.63. The summed E-state index contributed by atoms with van der Waals surface area (Å²) in [5.41, 5.74) is 1.05. The van der Waals surface area contributed by atoms with Crippen molar-refractivity contribution in [2.75, 3.05) is 6.16 Å². The molecule has 0 aliphatic carbocycles. The fourth-order valence-corrected chi connectivity index (χ4v) is 6.32. The largest absolute Gasteiger partial charge is 0.460 e. The third kappa shape index (κ3) is 5.53. The number of benzene rings is 3. The van der Waals surface area contributed by atoms with Crippen molar-refractivity contribution in [2.45, 2.75) is 35.1 Å². The first kappa shape index (κ1) is 30.9. The van der Waals surface area contributed by atoms with Crippen LogP contribution in [0.1, 0.15) is 23.1 Å². The van der Waals surface area contributed by atoms with Gasteiger partial charge in [-0.1, -0.05) is 91.0 Å². The molecule has 0 N–H and O–H groups in total. The van der Waals surface area contributed by atoms with Crippen LogP contribution in [-0.2, 0) is 19.5 Å². The van der Waals surface area contributed by atoms with E-state index in [0.29, 0.717) is 16.7 Å². The molecule has 0 radical (unpaired) electrons. The molecule has 0 heterocycles. The minimum absolute atomic E-state index is 0.0420. The van der Waals surface area contributed by atoms with E-state index in [4.69, 9.17) is 0 Å². The third-order valence-corrected chi connectivity index (χ3v) is 8.69. The Kier molecular flexibility index (Phi) is 8.79. The minimum atomic E-state index is -7.36. The molecule has 3 nitrogen and oxygen atoms in total. The van der Waals surface area contributed by atoms with Crippen molar-refractivity contribution in [3.63, 3.8) is 0 Å². The smallest absolute Gasteiger partial charge is 0.246 e. The number of hydrogen-bond acceptors (Lipinski definition) is 3. The lowest BCUT2D eigenvalue weighted by atomic mass is 9.68. The summed E-state index contributed by atoms with van der Waals surface area (Å²) in [4.78, 5) is 0. The van der Waals surface area contributed by atoms with Crippen molar-refractivity contribution in [1.29, 1.82) is 0 Å². The molecule has 0 saturated carbocycles. The van der Waals surface area contributed by atoms with Crippen LogP contribution in [0.4, 0.5) is 39.5 Å². The SMILES string of the molecule is O=S(=O)(OPCCC(c1ccccc1)(c1ccccc1)c1ccccc1)C(F)(F)C(F)(F)C(F)(F)C(F)(F)F. The highest BCUT2D eigenvalue weighted by Gasteiger charge is 2.85. The molecule has 0 aliphatic heterocycles. The first-order valence-electron chi connectivity index (χ1n) is 11.0. The van der Waals surface area contributed by atoms with Gasteiger partial charge in [0.15, 0.2) is 0 Å². The zero-order valence-corrected chi connectivity index (χ0v) is 21.4. The van der Waals surface area contributed by atoms with Gasteiger partial charge in [-0.3, -0.25) is 0 Å². The van der Waals surface area contributed by atoms with Crippen molar-refractivity contribution < 1.29 is 51.9 Å². The summed E-state index contributed by atoms with van der Waals surface area (Å²) < 4.78 is 146. The lowest BCUT2D eigenvalue weighted by molar-refractivity contribution is -0.382. The van der Waals surface area contributed by atoms with Crippen LogP contribution in [-0.4, -0.2) is 37.9 Å². The van der Waals surface area contributed by atoms with Gasteiger partial charge in [0, 0.05) is 14.2 Å². The predicted molar refractivity (Wildman–Crippen MR) is 128 cm³/mol. The highest BCUT2D eigenvalue weighted by molar-refractivity contribution is 7.90. The molecule has 39 heavy (non-hydrogen) atoms. The molecule has 3 aromatic carbocycles. The minimum Gasteiger partial charge on any atom is -0.246 e. The van der Waals surface area contributed by atoms with Gasteiger partial charge >= 0.3 is 33.4 Å². The first-order chi connectivity index (χ1) is 18.0. The van der Waals surface area contributed by atoms with E-state index in [0.717, 1.165) is 0 Å². The monoisotopic (exact) mass is 602 g/mol. The maximum Gasteiger partial charge on any atom is 0.460 e. The van der Waals surface area contributed by atoms with Gasteiger partial charge < -0.3 is 0 Å². The summed E-state index contributed by atoms with van der Waals surface area (Å²) in [5.74, 6) is -14.7. The van der Waals surface area contributed by atoms with Crippen molar-refractivity contribution in [3.05, 3.63) is 108 Å². The van der Waals surface area contributed by atoms with E-state index in [-0.39, 0.29) is 12.6 Å². The van der Waals surface area contributed by atoms with Crippen molar-refractivity contribution in [1.82, 2.24) is 0 Å². The molecule has 0 aliphatic rings. The summed E-state index contributed by atoms with van der Waals surface area (Å²) in [6.07, 6.45) is -7.58. The zero-order valence-electron chi connectivity index (χ0n) is 19.6. The quantitative estimate of drug-likeness (QED) is 0.0975. The van der Waals surface area contributed by atoms with E-state index < -0.39 is 47.6 Å². The Bertz CT molecular complexity index is 1240. The predicted octanol–water partition coefficient (Wildman–Crippen LogP) is 7.78. The Morgan fingerprint density at radius 3 is 1.28 bits per heavy atom. The number of rotatable bonds is 11. The number of halogens is 9. The van der Waals surface area contributed by atoms with Crippen LogP contribution in [0.5, 0.6) is 0 Å². The Balaban J connectivity index is 1.93. The third-order valence-electron chi connectivity index (χ3n) is 6.00. The highest BCUT2D eigenvalue weighted by atomic mass is 32.2. The molecule has 3 aromatic rings. The van der Waals surface area contributed by atoms with Gasteiger partial charge in [-0.2, -0.15) is 47.9 Å². The van der Waals surface area contributed by atoms with E-state index in [1.54, 1.807) is 91.0 Å². The summed E-state index contributed by atoms with van der Waals surface area (Å²) >= 11 is 0. The molecule has 3 rings (SSSR count). The second kappa shape index (κ2) is 11.1. The van der Waals surface area contributed by atoms with E-state index >= 15 is 0 Å². The molecule has 0 amide bonds. The fraction of sp³-hybridized carbons (Fsp3) is 0.280. The van der Waals surface area contributed by atoms with Crippen LogP contribution in [0.15, 0.2) is 91.0 Å². The fourth-order valence-electron chi connectivity index (χ4n) is 4.03. The molecule has 1 unspecified atom stereocenters. The maximum atomic E-state index is 14.0. The normalized spacial score (nSPS) is 14.2. The molecular formula is C25H20F9O3PS. The Morgan fingerprint density at radius 1 is 0.590 bits per heavy atom. The lowest BCUT2D eigenvalue weighted by Crippen LogP contribution is -2.63. The van der Waals surface area contributed by atoms with E-state index in [9.17, 15) is 47.9 Å². The summed E-state index contributed by atoms with van der Waals surface area (Å²) in [7, 11) is -8.44. The Morgan fingerprint density at radius 2 is 0.949 bits per heavy atom. The van der Waals surface area contributed by atoms with Crippen LogP contribution < -0.4 is 0 Å². The van der Waals surface area contributed by atoms with Crippen molar-refractivity contribution >= 4 is 18.9 Å². The highest BCUT2D eigenvalue weighted by Crippen LogP contribution is 2.55. The van der Waals surface area contributed by atoms with Crippen LogP contribution in [0.25, 0.3) is 0 Å². The van der Waals surface area contributed by atoms with Gasteiger partial charge in [-0.05, 0) is 29.3 Å².